The van der Waals surface area contributed by atoms with Gasteiger partial charge in [0.05, 0.1) is 31.4 Å². The number of nitrogens with zero attached hydrogens (tertiary/aromatic N) is 2. The number of benzene rings is 3. The van der Waals surface area contributed by atoms with Gasteiger partial charge in [0, 0.05) is 18.4 Å². The first-order valence-electron chi connectivity index (χ1n) is 13.9. The summed E-state index contributed by atoms with van der Waals surface area (Å²) in [7, 11) is 1.28. The molecule has 1 N–H and O–H groups in total. The maximum Gasteiger partial charge on any atom is 0.327 e. The molecule has 4 amide bonds. The number of ketones is 1. The fourth-order valence-electron chi connectivity index (χ4n) is 6.17. The van der Waals surface area contributed by atoms with Crippen LogP contribution in [0.15, 0.2) is 59.0 Å². The molecule has 0 saturated carbocycles. The number of urea groups is 1. The van der Waals surface area contributed by atoms with Crippen molar-refractivity contribution in [3.8, 4) is 5.75 Å². The van der Waals surface area contributed by atoms with Crippen molar-refractivity contribution >= 4 is 34.6 Å². The lowest BCUT2D eigenvalue weighted by molar-refractivity contribution is -0.136. The molecule has 1 atom stereocenters. The van der Waals surface area contributed by atoms with Crippen LogP contribution in [0.3, 0.4) is 0 Å². The normalized spacial score (nSPS) is 19.2. The smallest absolute Gasteiger partial charge is 0.327 e. The number of ether oxygens (including phenoxy) is 2. The van der Waals surface area contributed by atoms with Crippen molar-refractivity contribution in [1.82, 2.24) is 15.1 Å². The quantitative estimate of drug-likeness (QED) is 0.297. The second-order valence-electron chi connectivity index (χ2n) is 11.0. The number of aryl methyl sites for hydroxylation is 1. The van der Waals surface area contributed by atoms with Gasteiger partial charge in [-0.25, -0.2) is 18.5 Å². The number of carbonyl (C=O) groups excluding carboxylic acids is 4. The van der Waals surface area contributed by atoms with Crippen molar-refractivity contribution in [2.24, 2.45) is 0 Å². The van der Waals surface area contributed by atoms with E-state index in [1.54, 1.807) is 12.1 Å². The zero-order valence-electron chi connectivity index (χ0n) is 23.4. The van der Waals surface area contributed by atoms with E-state index >= 15 is 8.78 Å². The summed E-state index contributed by atoms with van der Waals surface area (Å²) >= 11 is 0. The minimum Gasteiger partial charge on any atom is -0.494 e. The molecule has 12 heteroatoms. The number of fused-ring (bicyclic) bond motifs is 3. The number of halogens is 2. The van der Waals surface area contributed by atoms with E-state index in [4.69, 9.17) is 13.9 Å². The Morgan fingerprint density at radius 2 is 1.75 bits per heavy atom. The number of amides is 4. The molecule has 44 heavy (non-hydrogen) atoms. The van der Waals surface area contributed by atoms with E-state index in [2.05, 4.69) is 5.32 Å². The number of imide groups is 1. The lowest BCUT2D eigenvalue weighted by atomic mass is 9.94. The molecule has 4 aromatic rings. The van der Waals surface area contributed by atoms with Crippen LogP contribution in [0.4, 0.5) is 13.6 Å². The summed E-state index contributed by atoms with van der Waals surface area (Å²) in [5.41, 5.74) is -0.807. The molecule has 0 bridgehead atoms. The molecular formula is C32H25F2N3O7. The van der Waals surface area contributed by atoms with E-state index in [1.165, 1.54) is 24.1 Å². The highest BCUT2D eigenvalue weighted by molar-refractivity contribution is 6.09. The number of hydrogen-bond donors (Lipinski definition) is 1. The van der Waals surface area contributed by atoms with Gasteiger partial charge >= 0.3 is 6.03 Å². The van der Waals surface area contributed by atoms with Crippen LogP contribution in [0.5, 0.6) is 5.75 Å². The molecule has 3 aliphatic rings. The summed E-state index contributed by atoms with van der Waals surface area (Å²) in [5, 5.41) is 2.94. The minimum absolute atomic E-state index is 0.0558. The Hall–Kier alpha value is -5.10. The summed E-state index contributed by atoms with van der Waals surface area (Å²) in [5.74, 6) is -3.82. The molecule has 1 aliphatic carbocycles. The number of nitrogens with one attached hydrogen (secondary N) is 1. The fraction of sp³-hybridized carbons (Fsp3) is 0.250. The molecule has 2 aliphatic heterocycles. The van der Waals surface area contributed by atoms with Gasteiger partial charge in [0.2, 0.25) is 0 Å². The maximum atomic E-state index is 15.6. The summed E-state index contributed by atoms with van der Waals surface area (Å²) in [6.07, 6.45) is 0.547. The Labute approximate surface area is 249 Å². The van der Waals surface area contributed by atoms with Gasteiger partial charge in [-0.1, -0.05) is 36.4 Å². The Bertz CT molecular complexity index is 1890. The molecule has 224 valence electrons. The van der Waals surface area contributed by atoms with Gasteiger partial charge in [0.1, 0.15) is 12.5 Å². The van der Waals surface area contributed by atoms with Gasteiger partial charge < -0.3 is 24.1 Å². The zero-order chi connectivity index (χ0) is 30.7. The zero-order valence-corrected chi connectivity index (χ0v) is 23.4. The van der Waals surface area contributed by atoms with E-state index < -0.39 is 48.3 Å². The van der Waals surface area contributed by atoms with Crippen molar-refractivity contribution in [2.45, 2.75) is 31.5 Å². The van der Waals surface area contributed by atoms with Gasteiger partial charge in [-0.3, -0.25) is 14.4 Å². The third-order valence-corrected chi connectivity index (χ3v) is 8.36. The molecule has 1 saturated heterocycles. The Morgan fingerprint density at radius 1 is 0.955 bits per heavy atom. The Balaban J connectivity index is 1.27. The molecule has 0 radical (unpaired) electrons. The molecular weight excluding hydrogens is 576 g/mol. The third kappa shape index (κ3) is 4.16. The van der Waals surface area contributed by atoms with Crippen LogP contribution in [0.25, 0.3) is 11.0 Å². The van der Waals surface area contributed by atoms with Crippen molar-refractivity contribution in [3.05, 3.63) is 99.8 Å². The van der Waals surface area contributed by atoms with Crippen LogP contribution in [-0.2, 0) is 34.6 Å². The molecule has 1 aromatic heterocycles. The van der Waals surface area contributed by atoms with Gasteiger partial charge in [0.15, 0.2) is 34.3 Å². The molecule has 7 rings (SSSR count). The highest BCUT2D eigenvalue weighted by Crippen LogP contribution is 2.40. The van der Waals surface area contributed by atoms with Crippen molar-refractivity contribution in [2.75, 3.05) is 20.4 Å². The van der Waals surface area contributed by atoms with Crippen LogP contribution < -0.4 is 10.1 Å². The van der Waals surface area contributed by atoms with Crippen LogP contribution >= 0.6 is 0 Å². The number of rotatable bonds is 8. The van der Waals surface area contributed by atoms with Gasteiger partial charge in [-0.15, -0.1) is 0 Å². The van der Waals surface area contributed by atoms with Crippen molar-refractivity contribution < 1.29 is 41.8 Å². The summed E-state index contributed by atoms with van der Waals surface area (Å²) in [6, 6.07) is 14.3. The standard InChI is InChI=1S/C32H25F2N3O7/c1-42-22-10-8-19-13-36(29(39)25(19)26(22)33)15-32(23-12-20-11-18-7-9-21(38)24(18)27(34)28(20)44-23)30(40)37(31(41)35-32)16-43-14-17-5-3-2-4-6-17/h2-6,8,10-12H,7,9,13-16H2,1H3,(H,35,41)/t32-/m0/s1. The van der Waals surface area contributed by atoms with Crippen molar-refractivity contribution in [3.63, 3.8) is 0 Å². The molecule has 1 fully saturated rings. The lowest BCUT2D eigenvalue weighted by Crippen LogP contribution is -2.52. The number of furan rings is 1. The van der Waals surface area contributed by atoms with E-state index in [9.17, 15) is 19.2 Å². The number of carbonyl (C=O) groups is 4. The van der Waals surface area contributed by atoms with Crippen LogP contribution in [0.1, 0.15) is 49.6 Å². The Kier molecular flexibility index (Phi) is 6.47. The van der Waals surface area contributed by atoms with Crippen LogP contribution in [-0.4, -0.2) is 53.8 Å². The second-order valence-corrected chi connectivity index (χ2v) is 11.0. The lowest BCUT2D eigenvalue weighted by Gasteiger charge is -2.29. The summed E-state index contributed by atoms with van der Waals surface area (Å²) in [4.78, 5) is 55.3. The van der Waals surface area contributed by atoms with E-state index in [0.717, 1.165) is 10.5 Å². The topological polar surface area (TPSA) is 118 Å². The molecule has 10 nitrogen and oxygen atoms in total. The SMILES string of the molecule is COc1ccc2c(c1F)C(=O)N(C[C@@]1(c3cc4cc5c(c(F)c4o3)C(=O)CC5)NC(=O)N(COCc3ccccc3)C1=O)C2. The first kappa shape index (κ1) is 27.7. The fourth-order valence-corrected chi connectivity index (χ4v) is 6.17. The summed E-state index contributed by atoms with van der Waals surface area (Å²) in [6.45, 7) is -0.829. The average molecular weight is 602 g/mol. The number of Topliss-reactive ketones (excluding diaryl/α,β-unsaturated/α-hetero) is 1. The number of methoxy groups -OCH3 is 1. The number of hydrogen-bond acceptors (Lipinski definition) is 7. The first-order valence-corrected chi connectivity index (χ1v) is 13.9. The first-order chi connectivity index (χ1) is 21.2. The highest BCUT2D eigenvalue weighted by atomic mass is 19.1. The predicted molar refractivity (Wildman–Crippen MR) is 150 cm³/mol. The largest absolute Gasteiger partial charge is 0.494 e. The molecule has 0 unspecified atom stereocenters. The highest BCUT2D eigenvalue weighted by Gasteiger charge is 2.57. The van der Waals surface area contributed by atoms with Gasteiger partial charge in [-0.2, -0.15) is 0 Å². The molecule has 0 spiro atoms. The van der Waals surface area contributed by atoms with Gasteiger partial charge in [-0.05, 0) is 41.3 Å². The molecule has 3 heterocycles. The van der Waals surface area contributed by atoms with Crippen LogP contribution in [0.2, 0.25) is 0 Å². The monoisotopic (exact) mass is 601 g/mol. The minimum atomic E-state index is -2.01. The maximum absolute atomic E-state index is 15.6. The average Bonchev–Trinajstić information content (AvgIpc) is 3.75. The van der Waals surface area contributed by atoms with Gasteiger partial charge in [0.25, 0.3) is 11.8 Å². The van der Waals surface area contributed by atoms with Crippen molar-refractivity contribution in [1.29, 1.82) is 0 Å². The van der Waals surface area contributed by atoms with E-state index in [-0.39, 0.29) is 59.0 Å². The predicted octanol–water partition coefficient (Wildman–Crippen LogP) is 4.43. The third-order valence-electron chi connectivity index (χ3n) is 8.36. The van der Waals surface area contributed by atoms with E-state index in [1.807, 2.05) is 30.3 Å². The second kappa shape index (κ2) is 10.3. The van der Waals surface area contributed by atoms with E-state index in [0.29, 0.717) is 17.5 Å². The Morgan fingerprint density at radius 3 is 2.52 bits per heavy atom. The van der Waals surface area contributed by atoms with Crippen LogP contribution in [0, 0.1) is 11.6 Å². The molecule has 3 aromatic carbocycles. The summed E-state index contributed by atoms with van der Waals surface area (Å²) < 4.78 is 47.3.